The Morgan fingerprint density at radius 1 is 1.16 bits per heavy atom. The molecular weight excluding hydrogens is 428 g/mol. The van der Waals surface area contributed by atoms with Gasteiger partial charge in [-0.05, 0) is 28.9 Å². The average molecular weight is 444 g/mol. The molecule has 0 N–H and O–H groups in total. The largest absolute Gasteiger partial charge is 0.539 e. The van der Waals surface area contributed by atoms with Gasteiger partial charge in [0.1, 0.15) is 16.8 Å². The van der Waals surface area contributed by atoms with Gasteiger partial charge in [-0.15, -0.1) is 0 Å². The summed E-state index contributed by atoms with van der Waals surface area (Å²) in [5.41, 5.74) is 2.19. The van der Waals surface area contributed by atoms with Gasteiger partial charge < -0.3 is 14.4 Å². The summed E-state index contributed by atoms with van der Waals surface area (Å²) in [6, 6.07) is 21.7. The van der Waals surface area contributed by atoms with Gasteiger partial charge in [0, 0.05) is 17.7 Å². The molecule has 0 saturated carbocycles. The number of rotatable bonds is 7. The van der Waals surface area contributed by atoms with Crippen LogP contribution in [-0.4, -0.2) is 28.9 Å². The van der Waals surface area contributed by atoms with Crippen molar-refractivity contribution in [1.82, 2.24) is 10.3 Å². The molecule has 0 fully saturated rings. The molecule has 4 aromatic rings. The molecule has 2 heterocycles. The molecule has 32 heavy (non-hydrogen) atoms. The van der Waals surface area contributed by atoms with Crippen molar-refractivity contribution in [3.63, 3.8) is 0 Å². The minimum Gasteiger partial charge on any atom is -0.539 e. The maximum Gasteiger partial charge on any atom is 0.307 e. The highest BCUT2D eigenvalue weighted by Crippen LogP contribution is 2.26. The molecule has 158 valence electrons. The highest BCUT2D eigenvalue weighted by atomic mass is 32.2. The first-order chi connectivity index (χ1) is 15.6. The molecule has 4 rings (SSSR count). The quantitative estimate of drug-likeness (QED) is 0.243. The molecule has 0 atom stereocenters. The van der Waals surface area contributed by atoms with Crippen LogP contribution in [0.15, 0.2) is 76.3 Å². The molecule has 8 nitrogen and oxygen atoms in total. The number of carbonyl (C=O) groups is 1. The number of aromatic nitrogens is 3. The van der Waals surface area contributed by atoms with E-state index in [1.165, 1.54) is 7.11 Å². The standard InChI is InChI=1S/C23H16N4O4S/c1-30-18-10-8-17(9-11-18)27-21(23(29)31-26-27)20(28)14-32-22-16(13-24)7-12-19(25-22)15-5-3-2-4-6-15/h2-12H,14H2,1H3. The van der Waals surface area contributed by atoms with Crippen LogP contribution < -0.4 is 14.5 Å². The molecule has 0 aliphatic carbocycles. The van der Waals surface area contributed by atoms with Crippen LogP contribution in [0.25, 0.3) is 16.9 Å². The Kier molecular flexibility index (Phi) is 6.14. The van der Waals surface area contributed by atoms with E-state index in [9.17, 15) is 15.2 Å². The van der Waals surface area contributed by atoms with Gasteiger partial charge in [0.25, 0.3) is 0 Å². The van der Waals surface area contributed by atoms with Gasteiger partial charge in [-0.2, -0.15) is 5.26 Å². The van der Waals surface area contributed by atoms with Gasteiger partial charge in [-0.25, -0.2) is 4.98 Å². The fraction of sp³-hybridized carbons (Fsp3) is 0.0870. The van der Waals surface area contributed by atoms with Crippen LogP contribution in [0.4, 0.5) is 0 Å². The Balaban J connectivity index is 1.58. The average Bonchev–Trinajstić information content (AvgIpc) is 3.24. The van der Waals surface area contributed by atoms with Crippen molar-refractivity contribution in [2.75, 3.05) is 12.9 Å². The molecule has 2 aromatic carbocycles. The number of ether oxygens (including phenoxy) is 1. The van der Waals surface area contributed by atoms with Gasteiger partial charge in [-0.1, -0.05) is 42.1 Å². The van der Waals surface area contributed by atoms with Crippen molar-refractivity contribution >= 4 is 17.5 Å². The molecule has 0 amide bonds. The molecule has 0 saturated heterocycles. The lowest BCUT2D eigenvalue weighted by Gasteiger charge is -2.06. The lowest BCUT2D eigenvalue weighted by Crippen LogP contribution is -2.39. The van der Waals surface area contributed by atoms with E-state index in [0.717, 1.165) is 22.0 Å². The number of hydrogen-bond acceptors (Lipinski definition) is 8. The Bertz CT molecular complexity index is 1300. The van der Waals surface area contributed by atoms with Crippen LogP contribution in [0.5, 0.6) is 11.7 Å². The summed E-state index contributed by atoms with van der Waals surface area (Å²) in [5, 5.41) is 25.7. The van der Waals surface area contributed by atoms with Crippen LogP contribution >= 0.6 is 11.8 Å². The summed E-state index contributed by atoms with van der Waals surface area (Å²) >= 11 is 1.08. The van der Waals surface area contributed by atoms with Crippen LogP contribution in [0, 0.1) is 11.3 Å². The van der Waals surface area contributed by atoms with Gasteiger partial charge in [0.15, 0.2) is 5.95 Å². The minimum absolute atomic E-state index is 0.119. The molecule has 0 bridgehead atoms. The number of nitrogens with zero attached hydrogens (tertiary/aromatic N) is 4. The van der Waals surface area contributed by atoms with Crippen LogP contribution in [0.1, 0.15) is 16.1 Å². The number of Topliss-reactive ketones (excluding diaryl/α,β-unsaturated/α-hetero) is 1. The second-order valence-electron chi connectivity index (χ2n) is 6.56. The normalized spacial score (nSPS) is 10.5. The fourth-order valence-corrected chi connectivity index (χ4v) is 3.82. The maximum atomic E-state index is 12.9. The van der Waals surface area contributed by atoms with Crippen molar-refractivity contribution in [3.8, 4) is 34.7 Å². The Morgan fingerprint density at radius 2 is 1.91 bits per heavy atom. The lowest BCUT2D eigenvalue weighted by molar-refractivity contribution is -0.672. The first-order valence-corrected chi connectivity index (χ1v) is 10.5. The summed E-state index contributed by atoms with van der Waals surface area (Å²) in [7, 11) is 1.54. The minimum atomic E-state index is -0.835. The van der Waals surface area contributed by atoms with E-state index in [-0.39, 0.29) is 11.4 Å². The van der Waals surface area contributed by atoms with Crippen molar-refractivity contribution in [3.05, 3.63) is 78.0 Å². The molecular formula is C23H16N4O4S. The van der Waals surface area contributed by atoms with Gasteiger partial charge in [-0.3, -0.25) is 4.79 Å². The second-order valence-corrected chi connectivity index (χ2v) is 7.52. The van der Waals surface area contributed by atoms with E-state index in [1.807, 2.05) is 30.3 Å². The van der Waals surface area contributed by atoms with Gasteiger partial charge in [0.2, 0.25) is 11.5 Å². The Labute approximate surface area is 187 Å². The van der Waals surface area contributed by atoms with E-state index < -0.39 is 11.7 Å². The Hall–Kier alpha value is -4.16. The number of carbonyl (C=O) groups excluding carboxylic acids is 1. The first kappa shape index (κ1) is 21.1. The zero-order valence-electron chi connectivity index (χ0n) is 16.9. The molecule has 0 aliphatic heterocycles. The van der Waals surface area contributed by atoms with Crippen LogP contribution in [0.2, 0.25) is 0 Å². The predicted octanol–water partition coefficient (Wildman–Crippen LogP) is 2.94. The van der Waals surface area contributed by atoms with E-state index in [1.54, 1.807) is 36.4 Å². The van der Waals surface area contributed by atoms with Crippen molar-refractivity contribution in [2.24, 2.45) is 0 Å². The highest BCUT2D eigenvalue weighted by molar-refractivity contribution is 8.00. The molecule has 2 aromatic heterocycles. The number of methoxy groups -OCH3 is 1. The second kappa shape index (κ2) is 9.32. The number of nitriles is 1. The molecule has 0 unspecified atom stereocenters. The monoisotopic (exact) mass is 444 g/mol. The van der Waals surface area contributed by atoms with E-state index >= 15 is 0 Å². The number of pyridine rings is 1. The third-order valence-electron chi connectivity index (χ3n) is 4.58. The summed E-state index contributed by atoms with van der Waals surface area (Å²) in [5.74, 6) is -0.824. The molecule has 9 heteroatoms. The van der Waals surface area contributed by atoms with E-state index in [2.05, 4.69) is 16.3 Å². The van der Waals surface area contributed by atoms with Crippen molar-refractivity contribution in [2.45, 2.75) is 5.03 Å². The first-order valence-electron chi connectivity index (χ1n) is 9.46. The maximum absolute atomic E-state index is 12.9. The number of benzene rings is 2. The van der Waals surface area contributed by atoms with Gasteiger partial charge >= 0.3 is 5.69 Å². The zero-order chi connectivity index (χ0) is 22.5. The van der Waals surface area contributed by atoms with Crippen LogP contribution in [0.3, 0.4) is 0 Å². The van der Waals surface area contributed by atoms with Crippen molar-refractivity contribution < 1.29 is 23.8 Å². The summed E-state index contributed by atoms with van der Waals surface area (Å²) < 4.78 is 11.0. The predicted molar refractivity (Wildman–Crippen MR) is 113 cm³/mol. The SMILES string of the molecule is COc1ccc(-[n+]2noc([O-])c2C(=O)CSc2nc(-c3ccccc3)ccc2C#N)cc1. The fourth-order valence-electron chi connectivity index (χ4n) is 2.99. The summed E-state index contributed by atoms with van der Waals surface area (Å²) in [6.45, 7) is 0. The summed E-state index contributed by atoms with van der Waals surface area (Å²) in [4.78, 5) is 17.4. The topological polar surface area (TPSA) is 116 Å². The zero-order valence-corrected chi connectivity index (χ0v) is 17.7. The number of thioether (sulfide) groups is 1. The van der Waals surface area contributed by atoms with E-state index in [4.69, 9.17) is 9.26 Å². The summed E-state index contributed by atoms with van der Waals surface area (Å²) in [6.07, 6.45) is 0. The highest BCUT2D eigenvalue weighted by Gasteiger charge is 2.28. The molecule has 0 aliphatic rings. The third-order valence-corrected chi connectivity index (χ3v) is 5.57. The van der Waals surface area contributed by atoms with Crippen molar-refractivity contribution in [1.29, 1.82) is 5.26 Å². The third kappa shape index (κ3) is 4.31. The number of hydrogen-bond donors (Lipinski definition) is 0. The molecule has 0 radical (unpaired) electrons. The Morgan fingerprint density at radius 3 is 2.59 bits per heavy atom. The lowest BCUT2D eigenvalue weighted by atomic mass is 10.1. The van der Waals surface area contributed by atoms with Crippen LogP contribution in [-0.2, 0) is 0 Å². The van der Waals surface area contributed by atoms with E-state index in [0.29, 0.717) is 27.7 Å². The number of ketones is 1. The smallest absolute Gasteiger partial charge is 0.307 e. The molecule has 0 spiro atoms. The van der Waals surface area contributed by atoms with Gasteiger partial charge in [0.05, 0.1) is 29.4 Å².